The van der Waals surface area contributed by atoms with Gasteiger partial charge in [-0.3, -0.25) is 19.7 Å². The van der Waals surface area contributed by atoms with Gasteiger partial charge in [0.05, 0.1) is 31.3 Å². The number of benzene rings is 2. The lowest BCUT2D eigenvalue weighted by Gasteiger charge is -2.21. The zero-order chi connectivity index (χ0) is 22.1. The van der Waals surface area contributed by atoms with Crippen molar-refractivity contribution in [2.45, 2.75) is 20.4 Å². The van der Waals surface area contributed by atoms with Crippen LogP contribution in [0, 0.1) is 10.1 Å². The van der Waals surface area contributed by atoms with Crippen LogP contribution in [0.2, 0.25) is 0 Å². The minimum atomic E-state index is -0.741. The molecule has 2 aromatic carbocycles. The number of hydrogen-bond acceptors (Lipinski definition) is 6. The van der Waals surface area contributed by atoms with Gasteiger partial charge in [0.25, 0.3) is 11.6 Å². The van der Waals surface area contributed by atoms with Crippen LogP contribution < -0.4 is 14.8 Å². The Morgan fingerprint density at radius 3 is 2.40 bits per heavy atom. The lowest BCUT2D eigenvalue weighted by molar-refractivity contribution is -0.385. The van der Waals surface area contributed by atoms with Gasteiger partial charge in [-0.25, -0.2) is 0 Å². The van der Waals surface area contributed by atoms with Crippen molar-refractivity contribution >= 4 is 17.5 Å². The Balaban J connectivity index is 2.15. The number of methoxy groups -OCH3 is 1. The van der Waals surface area contributed by atoms with E-state index in [1.165, 1.54) is 13.2 Å². The van der Waals surface area contributed by atoms with E-state index in [9.17, 15) is 19.7 Å². The SMILES string of the molecule is CCOc1cc(C(=O)NCC(=O)N(CC)Cc2ccccc2)c([N+](=O)[O-])cc1OC. The van der Waals surface area contributed by atoms with Gasteiger partial charge in [0.2, 0.25) is 5.91 Å². The number of nitrogens with one attached hydrogen (secondary N) is 1. The van der Waals surface area contributed by atoms with Crippen molar-refractivity contribution in [3.8, 4) is 11.5 Å². The van der Waals surface area contributed by atoms with Crippen LogP contribution in [0.5, 0.6) is 11.5 Å². The van der Waals surface area contributed by atoms with E-state index in [0.717, 1.165) is 11.6 Å². The topological polar surface area (TPSA) is 111 Å². The summed E-state index contributed by atoms with van der Waals surface area (Å²) in [6, 6.07) is 11.9. The second-order valence-electron chi connectivity index (χ2n) is 6.29. The molecular weight excluding hydrogens is 390 g/mol. The van der Waals surface area contributed by atoms with Gasteiger partial charge in [-0.2, -0.15) is 0 Å². The molecule has 0 fully saturated rings. The van der Waals surface area contributed by atoms with E-state index in [4.69, 9.17) is 9.47 Å². The van der Waals surface area contributed by atoms with Gasteiger partial charge in [0.15, 0.2) is 11.5 Å². The predicted molar refractivity (Wildman–Crippen MR) is 111 cm³/mol. The number of nitro groups is 1. The minimum absolute atomic E-state index is 0.149. The van der Waals surface area contributed by atoms with Crippen LogP contribution in [0.4, 0.5) is 5.69 Å². The third-order valence-corrected chi connectivity index (χ3v) is 4.37. The molecule has 0 aromatic heterocycles. The molecule has 0 aliphatic heterocycles. The molecule has 2 aromatic rings. The Morgan fingerprint density at radius 1 is 1.13 bits per heavy atom. The first-order valence-electron chi connectivity index (χ1n) is 9.50. The second kappa shape index (κ2) is 10.8. The molecule has 0 unspecified atom stereocenters. The molecule has 2 amide bonds. The van der Waals surface area contributed by atoms with Crippen molar-refractivity contribution in [1.29, 1.82) is 0 Å². The standard InChI is InChI=1S/C21H25N3O6/c1-4-23(14-15-9-7-6-8-10-15)20(25)13-22-21(26)16-11-19(30-5-2)18(29-3)12-17(16)24(27)28/h6-12H,4-5,13-14H2,1-3H3,(H,22,26). The van der Waals surface area contributed by atoms with E-state index >= 15 is 0 Å². The fraction of sp³-hybridized carbons (Fsp3) is 0.333. The van der Waals surface area contributed by atoms with E-state index in [0.29, 0.717) is 19.7 Å². The number of amides is 2. The first kappa shape index (κ1) is 22.7. The lowest BCUT2D eigenvalue weighted by atomic mass is 10.1. The van der Waals surface area contributed by atoms with Crippen LogP contribution in [0.1, 0.15) is 29.8 Å². The van der Waals surface area contributed by atoms with Gasteiger partial charge < -0.3 is 19.7 Å². The first-order valence-corrected chi connectivity index (χ1v) is 9.50. The average Bonchev–Trinajstić information content (AvgIpc) is 2.76. The van der Waals surface area contributed by atoms with E-state index < -0.39 is 16.5 Å². The summed E-state index contributed by atoms with van der Waals surface area (Å²) in [6.45, 7) is 4.45. The number of likely N-dealkylation sites (N-methyl/N-ethyl adjacent to an activating group) is 1. The van der Waals surface area contributed by atoms with Crippen LogP contribution in [-0.4, -0.2) is 48.4 Å². The van der Waals surface area contributed by atoms with Gasteiger partial charge in [0.1, 0.15) is 5.56 Å². The molecule has 9 heteroatoms. The molecule has 9 nitrogen and oxygen atoms in total. The molecule has 160 valence electrons. The summed E-state index contributed by atoms with van der Waals surface area (Å²) in [6.07, 6.45) is 0. The predicted octanol–water partition coefficient (Wildman–Crippen LogP) is 2.78. The molecule has 0 spiro atoms. The molecule has 0 saturated heterocycles. The Morgan fingerprint density at radius 2 is 1.83 bits per heavy atom. The zero-order valence-electron chi connectivity index (χ0n) is 17.2. The van der Waals surface area contributed by atoms with Crippen molar-refractivity contribution in [3.63, 3.8) is 0 Å². The Kier molecular flexibility index (Phi) is 8.16. The molecule has 0 radical (unpaired) electrons. The van der Waals surface area contributed by atoms with Gasteiger partial charge in [-0.1, -0.05) is 30.3 Å². The molecule has 0 heterocycles. The van der Waals surface area contributed by atoms with E-state index in [2.05, 4.69) is 5.32 Å². The maximum Gasteiger partial charge on any atom is 0.286 e. The molecule has 30 heavy (non-hydrogen) atoms. The highest BCUT2D eigenvalue weighted by atomic mass is 16.6. The highest BCUT2D eigenvalue weighted by Gasteiger charge is 2.25. The van der Waals surface area contributed by atoms with Crippen molar-refractivity contribution in [3.05, 3.63) is 63.7 Å². The van der Waals surface area contributed by atoms with Crippen molar-refractivity contribution in [2.24, 2.45) is 0 Å². The zero-order valence-corrected chi connectivity index (χ0v) is 17.2. The summed E-state index contributed by atoms with van der Waals surface area (Å²) < 4.78 is 10.5. The Hall–Kier alpha value is -3.62. The van der Waals surface area contributed by atoms with E-state index in [1.807, 2.05) is 37.3 Å². The lowest BCUT2D eigenvalue weighted by Crippen LogP contribution is -2.39. The fourth-order valence-electron chi connectivity index (χ4n) is 2.85. The minimum Gasteiger partial charge on any atom is -0.493 e. The molecular formula is C21H25N3O6. The normalized spacial score (nSPS) is 10.2. The van der Waals surface area contributed by atoms with Crippen LogP contribution in [0.25, 0.3) is 0 Å². The van der Waals surface area contributed by atoms with Crippen molar-refractivity contribution in [2.75, 3.05) is 26.8 Å². The Labute approximate surface area is 174 Å². The van der Waals surface area contributed by atoms with Crippen molar-refractivity contribution in [1.82, 2.24) is 10.2 Å². The second-order valence-corrected chi connectivity index (χ2v) is 6.29. The number of carbonyl (C=O) groups excluding carboxylic acids is 2. The largest absolute Gasteiger partial charge is 0.493 e. The molecule has 0 saturated carbocycles. The summed E-state index contributed by atoms with van der Waals surface area (Å²) >= 11 is 0. The van der Waals surface area contributed by atoms with Crippen LogP contribution in [-0.2, 0) is 11.3 Å². The monoisotopic (exact) mass is 415 g/mol. The highest BCUT2D eigenvalue weighted by Crippen LogP contribution is 2.34. The van der Waals surface area contributed by atoms with Gasteiger partial charge >= 0.3 is 0 Å². The van der Waals surface area contributed by atoms with Gasteiger partial charge in [-0.15, -0.1) is 0 Å². The molecule has 0 atom stereocenters. The van der Waals surface area contributed by atoms with Crippen molar-refractivity contribution < 1.29 is 24.0 Å². The average molecular weight is 415 g/mol. The molecule has 0 aliphatic rings. The summed E-state index contributed by atoms with van der Waals surface area (Å²) in [5, 5.41) is 13.9. The Bertz CT molecular complexity index is 901. The third-order valence-electron chi connectivity index (χ3n) is 4.37. The number of rotatable bonds is 10. The number of nitro benzene ring substituents is 1. The quantitative estimate of drug-likeness (QED) is 0.472. The van der Waals surface area contributed by atoms with E-state index in [-0.39, 0.29) is 29.5 Å². The number of hydrogen-bond donors (Lipinski definition) is 1. The van der Waals surface area contributed by atoms with Crippen LogP contribution in [0.15, 0.2) is 42.5 Å². The summed E-state index contributed by atoms with van der Waals surface area (Å²) in [5.41, 5.74) is 0.325. The summed E-state index contributed by atoms with van der Waals surface area (Å²) in [4.78, 5) is 37.5. The summed E-state index contributed by atoms with van der Waals surface area (Å²) in [5.74, 6) is -0.678. The summed E-state index contributed by atoms with van der Waals surface area (Å²) in [7, 11) is 1.35. The maximum absolute atomic E-state index is 12.6. The van der Waals surface area contributed by atoms with Crippen LogP contribution in [0.3, 0.4) is 0 Å². The first-order chi connectivity index (χ1) is 14.4. The maximum atomic E-state index is 12.6. The molecule has 0 aliphatic carbocycles. The number of carbonyl (C=O) groups is 2. The molecule has 1 N–H and O–H groups in total. The fourth-order valence-corrected chi connectivity index (χ4v) is 2.85. The number of ether oxygens (including phenoxy) is 2. The molecule has 0 bridgehead atoms. The number of nitrogens with zero attached hydrogens (tertiary/aromatic N) is 2. The molecule has 2 rings (SSSR count). The smallest absolute Gasteiger partial charge is 0.286 e. The van der Waals surface area contributed by atoms with Crippen LogP contribution >= 0.6 is 0 Å². The third kappa shape index (κ3) is 5.69. The highest BCUT2D eigenvalue weighted by molar-refractivity contribution is 6.00. The van der Waals surface area contributed by atoms with Gasteiger partial charge in [-0.05, 0) is 19.4 Å². The van der Waals surface area contributed by atoms with Gasteiger partial charge in [0, 0.05) is 19.2 Å². The van der Waals surface area contributed by atoms with E-state index in [1.54, 1.807) is 11.8 Å².